The van der Waals surface area contributed by atoms with Crippen LogP contribution < -0.4 is 15.4 Å². The van der Waals surface area contributed by atoms with E-state index in [1.54, 1.807) is 12.1 Å². The van der Waals surface area contributed by atoms with Gasteiger partial charge in [0.15, 0.2) is 6.61 Å². The summed E-state index contributed by atoms with van der Waals surface area (Å²) in [6, 6.07) is 18.0. The van der Waals surface area contributed by atoms with Crippen LogP contribution in [0.2, 0.25) is 0 Å². The summed E-state index contributed by atoms with van der Waals surface area (Å²) >= 11 is 0. The summed E-state index contributed by atoms with van der Waals surface area (Å²) in [5.41, 5.74) is 0.914. The molecule has 0 aliphatic heterocycles. The highest BCUT2D eigenvalue weighted by molar-refractivity contribution is 6.05. The summed E-state index contributed by atoms with van der Waals surface area (Å²) in [5.74, 6) is -0.463. The van der Waals surface area contributed by atoms with E-state index >= 15 is 0 Å². The molecule has 0 bridgehead atoms. The number of nitrogens with one attached hydrogen (secondary N) is 2. The van der Waals surface area contributed by atoms with Crippen LogP contribution in [0.5, 0.6) is 5.75 Å². The van der Waals surface area contributed by atoms with Crippen LogP contribution in [0, 0.1) is 0 Å². The van der Waals surface area contributed by atoms with Crippen molar-refractivity contribution in [2.45, 2.75) is 38.8 Å². The summed E-state index contributed by atoms with van der Waals surface area (Å²) in [7, 11) is 0. The minimum Gasteiger partial charge on any atom is -0.484 e. The number of benzene rings is 3. The number of halogens is 3. The van der Waals surface area contributed by atoms with Crippen LogP contribution in [-0.4, -0.2) is 18.4 Å². The van der Waals surface area contributed by atoms with Crippen LogP contribution in [-0.2, 0) is 16.4 Å². The Morgan fingerprint density at radius 2 is 1.46 bits per heavy atom. The lowest BCUT2D eigenvalue weighted by atomic mass is 9.82. The number of hydrogen-bond acceptors (Lipinski definition) is 3. The van der Waals surface area contributed by atoms with Gasteiger partial charge in [0, 0.05) is 16.9 Å². The first-order valence-electron chi connectivity index (χ1n) is 11.1. The molecule has 8 heteroatoms. The molecule has 0 aromatic heterocycles. The van der Waals surface area contributed by atoms with Crippen LogP contribution >= 0.6 is 0 Å². The van der Waals surface area contributed by atoms with Crippen LogP contribution in [0.15, 0.2) is 72.8 Å². The maximum Gasteiger partial charge on any atom is 0.416 e. The average molecular weight is 485 g/mol. The predicted octanol–water partition coefficient (Wildman–Crippen LogP) is 6.66. The zero-order chi connectivity index (χ0) is 25.6. The minimum absolute atomic E-state index is 0.0148. The third-order valence-corrected chi connectivity index (χ3v) is 5.75. The number of ether oxygens (including phenoxy) is 1. The first-order valence-corrected chi connectivity index (χ1v) is 11.1. The van der Waals surface area contributed by atoms with Crippen molar-refractivity contribution >= 4 is 23.2 Å². The Morgan fingerprint density at radius 1 is 0.829 bits per heavy atom. The fourth-order valence-electron chi connectivity index (χ4n) is 3.27. The van der Waals surface area contributed by atoms with Gasteiger partial charge in [-0.25, -0.2) is 0 Å². The summed E-state index contributed by atoms with van der Waals surface area (Å²) in [4.78, 5) is 24.8. The van der Waals surface area contributed by atoms with Crippen molar-refractivity contribution in [2.24, 2.45) is 0 Å². The molecule has 184 valence electrons. The number of rotatable bonds is 8. The molecule has 0 saturated heterocycles. The van der Waals surface area contributed by atoms with Gasteiger partial charge >= 0.3 is 6.18 Å². The fourth-order valence-corrected chi connectivity index (χ4v) is 3.27. The number of carbonyl (C=O) groups excluding carboxylic acids is 2. The van der Waals surface area contributed by atoms with Crippen molar-refractivity contribution in [1.29, 1.82) is 0 Å². The number of alkyl halides is 3. The molecular formula is C27H27F3N2O3. The lowest BCUT2D eigenvalue weighted by molar-refractivity contribution is -0.137. The minimum atomic E-state index is -4.51. The highest BCUT2D eigenvalue weighted by atomic mass is 19.4. The van der Waals surface area contributed by atoms with Crippen molar-refractivity contribution in [1.82, 2.24) is 0 Å². The van der Waals surface area contributed by atoms with E-state index in [1.807, 2.05) is 24.3 Å². The van der Waals surface area contributed by atoms with Crippen molar-refractivity contribution in [3.63, 3.8) is 0 Å². The van der Waals surface area contributed by atoms with Gasteiger partial charge in [-0.3, -0.25) is 9.59 Å². The molecule has 0 aliphatic carbocycles. The van der Waals surface area contributed by atoms with Gasteiger partial charge in [0.25, 0.3) is 11.8 Å². The molecule has 0 aliphatic rings. The van der Waals surface area contributed by atoms with E-state index in [9.17, 15) is 22.8 Å². The second-order valence-corrected chi connectivity index (χ2v) is 8.71. The fraction of sp³-hybridized carbons (Fsp3) is 0.259. The number of carbonyl (C=O) groups is 2. The largest absolute Gasteiger partial charge is 0.484 e. The van der Waals surface area contributed by atoms with Crippen LogP contribution in [0.3, 0.4) is 0 Å². The monoisotopic (exact) mass is 484 g/mol. The van der Waals surface area contributed by atoms with Gasteiger partial charge in [0.2, 0.25) is 0 Å². The summed E-state index contributed by atoms with van der Waals surface area (Å²) in [5, 5.41) is 5.09. The van der Waals surface area contributed by atoms with E-state index in [0.717, 1.165) is 18.6 Å². The molecule has 2 N–H and O–H groups in total. The molecule has 0 spiro atoms. The third kappa shape index (κ3) is 7.09. The topological polar surface area (TPSA) is 67.4 Å². The Bertz CT molecular complexity index is 1190. The molecule has 0 fully saturated rings. The van der Waals surface area contributed by atoms with Crippen LogP contribution in [0.25, 0.3) is 0 Å². The molecule has 0 atom stereocenters. The van der Waals surface area contributed by atoms with Gasteiger partial charge < -0.3 is 15.4 Å². The van der Waals surface area contributed by atoms with Gasteiger partial charge in [0.1, 0.15) is 5.75 Å². The molecule has 35 heavy (non-hydrogen) atoms. The lowest BCUT2D eigenvalue weighted by Gasteiger charge is -2.23. The van der Waals surface area contributed by atoms with Crippen molar-refractivity contribution in [3.05, 3.63) is 89.5 Å². The Labute approximate surface area is 202 Å². The first kappa shape index (κ1) is 25.8. The molecular weight excluding hydrogens is 457 g/mol. The molecule has 3 aromatic rings. The Balaban J connectivity index is 1.58. The van der Waals surface area contributed by atoms with E-state index in [4.69, 9.17) is 4.74 Å². The maximum atomic E-state index is 12.9. The van der Waals surface area contributed by atoms with E-state index in [2.05, 4.69) is 31.4 Å². The van der Waals surface area contributed by atoms with E-state index < -0.39 is 23.6 Å². The van der Waals surface area contributed by atoms with Crippen molar-refractivity contribution < 1.29 is 27.5 Å². The van der Waals surface area contributed by atoms with E-state index in [0.29, 0.717) is 11.4 Å². The van der Waals surface area contributed by atoms with Gasteiger partial charge in [0.05, 0.1) is 5.56 Å². The predicted molar refractivity (Wildman–Crippen MR) is 130 cm³/mol. The Morgan fingerprint density at radius 3 is 2.09 bits per heavy atom. The molecule has 0 heterocycles. The molecule has 2 amide bonds. The van der Waals surface area contributed by atoms with Crippen molar-refractivity contribution in [2.75, 3.05) is 17.2 Å². The van der Waals surface area contributed by atoms with Crippen LogP contribution in [0.1, 0.15) is 48.7 Å². The number of hydrogen-bond donors (Lipinski definition) is 2. The SMILES string of the molecule is CCC(C)(C)c1ccc(OCC(=O)Nc2cccc(C(=O)Nc3cccc(C(F)(F)F)c3)c2)cc1. The molecule has 3 rings (SSSR count). The third-order valence-electron chi connectivity index (χ3n) is 5.75. The van der Waals surface area contributed by atoms with E-state index in [-0.39, 0.29) is 23.3 Å². The van der Waals surface area contributed by atoms with Gasteiger partial charge in [-0.1, -0.05) is 45.0 Å². The van der Waals surface area contributed by atoms with Gasteiger partial charge in [-0.2, -0.15) is 13.2 Å². The Kier molecular flexibility index (Phi) is 7.84. The first-order chi connectivity index (χ1) is 16.5. The zero-order valence-electron chi connectivity index (χ0n) is 19.7. The molecule has 3 aromatic carbocycles. The van der Waals surface area contributed by atoms with Crippen LogP contribution in [0.4, 0.5) is 24.5 Å². The maximum absolute atomic E-state index is 12.9. The summed E-state index contributed by atoms with van der Waals surface area (Å²) < 4.78 is 44.2. The molecule has 0 unspecified atom stereocenters. The average Bonchev–Trinajstić information content (AvgIpc) is 2.83. The molecule has 5 nitrogen and oxygen atoms in total. The summed E-state index contributed by atoms with van der Waals surface area (Å²) in [6.07, 6.45) is -3.52. The molecule has 0 radical (unpaired) electrons. The second-order valence-electron chi connectivity index (χ2n) is 8.71. The Hall–Kier alpha value is -3.81. The number of anilines is 2. The number of amides is 2. The highest BCUT2D eigenvalue weighted by Crippen LogP contribution is 2.31. The normalized spacial score (nSPS) is 11.6. The second kappa shape index (κ2) is 10.6. The highest BCUT2D eigenvalue weighted by Gasteiger charge is 2.30. The van der Waals surface area contributed by atoms with E-state index in [1.165, 1.54) is 29.8 Å². The standard InChI is InChI=1S/C27H27F3N2O3/c1-4-26(2,3)19-11-13-23(14-12-19)35-17-24(33)31-21-9-5-7-18(15-21)25(34)32-22-10-6-8-20(16-22)27(28,29)30/h5-16H,4,17H2,1-3H3,(H,31,33)(H,32,34). The lowest BCUT2D eigenvalue weighted by Crippen LogP contribution is -2.21. The quantitative estimate of drug-likeness (QED) is 0.376. The van der Waals surface area contributed by atoms with Crippen molar-refractivity contribution in [3.8, 4) is 5.75 Å². The zero-order valence-corrected chi connectivity index (χ0v) is 19.7. The summed E-state index contributed by atoms with van der Waals surface area (Å²) in [6.45, 7) is 6.21. The smallest absolute Gasteiger partial charge is 0.416 e. The van der Waals surface area contributed by atoms with Gasteiger partial charge in [-0.05, 0) is 65.9 Å². The van der Waals surface area contributed by atoms with Gasteiger partial charge in [-0.15, -0.1) is 0 Å². The molecule has 0 saturated carbocycles.